The van der Waals surface area contributed by atoms with Crippen molar-refractivity contribution in [3.05, 3.63) is 48.1 Å². The molecule has 0 spiro atoms. The number of amides is 2. The van der Waals surface area contributed by atoms with Crippen molar-refractivity contribution in [3.8, 4) is 11.9 Å². The predicted octanol–water partition coefficient (Wildman–Crippen LogP) is 4.73. The Hall–Kier alpha value is -2.92. The van der Waals surface area contributed by atoms with Crippen molar-refractivity contribution in [2.24, 2.45) is 0 Å². The molecule has 1 aliphatic carbocycles. The molecule has 2 aliphatic rings. The van der Waals surface area contributed by atoms with Crippen LogP contribution in [-0.4, -0.2) is 47.6 Å². The lowest BCUT2D eigenvalue weighted by Crippen LogP contribution is -2.47. The minimum Gasteiger partial charge on any atom is -0.433 e. The van der Waals surface area contributed by atoms with E-state index in [1.165, 1.54) is 34.7 Å². The number of alkyl halides is 2. The lowest BCUT2D eigenvalue weighted by atomic mass is 10.0. The smallest absolute Gasteiger partial charge is 0.394 e. The number of hydrogen-bond acceptors (Lipinski definition) is 4. The van der Waals surface area contributed by atoms with Crippen molar-refractivity contribution in [1.82, 2.24) is 9.80 Å². The lowest BCUT2D eigenvalue weighted by molar-refractivity contribution is -0.158. The number of anilines is 1. The maximum Gasteiger partial charge on any atom is 0.394 e. The number of nitrogens with one attached hydrogen (secondary N) is 1. The number of allylic oxidation sites excluding steroid dienone is 2. The first-order valence-electron chi connectivity index (χ1n) is 10.1. The number of nitriles is 1. The molecule has 1 heterocycles. The van der Waals surface area contributed by atoms with E-state index >= 15 is 0 Å². The molecule has 1 aromatic rings. The Morgan fingerprint density at radius 2 is 2.00 bits per heavy atom. The van der Waals surface area contributed by atoms with E-state index in [1.54, 1.807) is 0 Å². The summed E-state index contributed by atoms with van der Waals surface area (Å²) < 4.78 is 30.2. The van der Waals surface area contributed by atoms with Crippen LogP contribution in [0.1, 0.15) is 32.6 Å². The van der Waals surface area contributed by atoms with Crippen molar-refractivity contribution in [2.75, 3.05) is 25.0 Å². The van der Waals surface area contributed by atoms with Gasteiger partial charge in [0.15, 0.2) is 6.19 Å². The third-order valence-electron chi connectivity index (χ3n) is 5.13. The highest BCUT2D eigenvalue weighted by atomic mass is 19.3. The Kier molecular flexibility index (Phi) is 7.06. The van der Waals surface area contributed by atoms with Crippen LogP contribution in [0.25, 0.3) is 0 Å². The Labute approximate surface area is 175 Å². The van der Waals surface area contributed by atoms with E-state index < -0.39 is 12.1 Å². The molecule has 1 aromatic carbocycles. The molecule has 0 atom stereocenters. The SMILES string of the molecule is CC(F)(F)Oc1ccc(NC(=O)N(C#N)C2CCN(CC3=CCCC=C3)CC2)cc1. The topological polar surface area (TPSA) is 68.6 Å². The molecule has 0 bridgehead atoms. The zero-order chi connectivity index (χ0) is 21.6. The van der Waals surface area contributed by atoms with Gasteiger partial charge in [-0.3, -0.25) is 4.90 Å². The van der Waals surface area contributed by atoms with E-state index in [9.17, 15) is 18.8 Å². The van der Waals surface area contributed by atoms with E-state index in [-0.39, 0.29) is 11.8 Å². The van der Waals surface area contributed by atoms with E-state index in [4.69, 9.17) is 0 Å². The summed E-state index contributed by atoms with van der Waals surface area (Å²) in [5.41, 5.74) is 1.73. The number of nitrogens with zero attached hydrogens (tertiary/aromatic N) is 3. The van der Waals surface area contributed by atoms with Crippen LogP contribution in [-0.2, 0) is 0 Å². The van der Waals surface area contributed by atoms with Gasteiger partial charge in [-0.2, -0.15) is 14.0 Å². The second-order valence-corrected chi connectivity index (χ2v) is 7.60. The van der Waals surface area contributed by atoms with Crippen molar-refractivity contribution < 1.29 is 18.3 Å². The van der Waals surface area contributed by atoms with Gasteiger partial charge in [0.2, 0.25) is 0 Å². The van der Waals surface area contributed by atoms with E-state index in [2.05, 4.69) is 33.2 Å². The van der Waals surface area contributed by atoms with Crippen LogP contribution >= 0.6 is 0 Å². The van der Waals surface area contributed by atoms with Crippen LogP contribution in [0, 0.1) is 11.5 Å². The van der Waals surface area contributed by atoms with Crippen molar-refractivity contribution in [3.63, 3.8) is 0 Å². The fraction of sp³-hybridized carbons (Fsp3) is 0.455. The molecular formula is C22H26F2N4O2. The molecule has 30 heavy (non-hydrogen) atoms. The summed E-state index contributed by atoms with van der Waals surface area (Å²) in [6.45, 7) is 3.19. The van der Waals surface area contributed by atoms with E-state index in [1.807, 2.05) is 6.19 Å². The normalized spacial score (nSPS) is 17.7. The summed E-state index contributed by atoms with van der Waals surface area (Å²) in [5, 5.41) is 12.2. The fourth-order valence-electron chi connectivity index (χ4n) is 3.67. The van der Waals surface area contributed by atoms with E-state index in [0.29, 0.717) is 12.6 Å². The Morgan fingerprint density at radius 3 is 2.57 bits per heavy atom. The Balaban J connectivity index is 1.51. The standard InChI is InChI=1S/C22H26F2N4O2/c1-22(23,24)30-20-9-7-18(8-10-20)26-21(29)28(16-25)19-11-13-27(14-12-19)15-17-5-3-2-4-6-17/h3,5-10,19H,2,4,11-15H2,1H3,(H,26,29). The number of urea groups is 1. The molecule has 1 aliphatic heterocycles. The number of carbonyl (C=O) groups excluding carboxylic acids is 1. The van der Waals surface area contributed by atoms with Crippen LogP contribution < -0.4 is 10.1 Å². The van der Waals surface area contributed by atoms with Gasteiger partial charge in [0.1, 0.15) is 5.75 Å². The second-order valence-electron chi connectivity index (χ2n) is 7.60. The van der Waals surface area contributed by atoms with Crippen LogP contribution in [0.2, 0.25) is 0 Å². The van der Waals surface area contributed by atoms with Gasteiger partial charge in [-0.1, -0.05) is 18.2 Å². The van der Waals surface area contributed by atoms with Gasteiger partial charge in [-0.25, -0.2) is 9.69 Å². The summed E-state index contributed by atoms with van der Waals surface area (Å²) >= 11 is 0. The molecular weight excluding hydrogens is 390 g/mol. The van der Waals surface area contributed by atoms with Gasteiger partial charge in [-0.15, -0.1) is 0 Å². The number of likely N-dealkylation sites (tertiary alicyclic amines) is 1. The Morgan fingerprint density at radius 1 is 1.30 bits per heavy atom. The van der Waals surface area contributed by atoms with Gasteiger partial charge in [0.05, 0.1) is 6.04 Å². The largest absolute Gasteiger partial charge is 0.433 e. The molecule has 1 saturated heterocycles. The first-order chi connectivity index (χ1) is 14.3. The van der Waals surface area contributed by atoms with Crippen molar-refractivity contribution in [1.29, 1.82) is 5.26 Å². The minimum absolute atomic E-state index is 0.00654. The summed E-state index contributed by atoms with van der Waals surface area (Å²) in [4.78, 5) is 16.1. The molecule has 0 aromatic heterocycles. The lowest BCUT2D eigenvalue weighted by Gasteiger charge is -2.35. The maximum atomic E-state index is 12.9. The van der Waals surface area contributed by atoms with Crippen LogP contribution in [0.15, 0.2) is 48.1 Å². The zero-order valence-corrected chi connectivity index (χ0v) is 17.0. The van der Waals surface area contributed by atoms with Gasteiger partial charge in [0.25, 0.3) is 0 Å². The van der Waals surface area contributed by atoms with Crippen molar-refractivity contribution >= 4 is 11.7 Å². The number of ether oxygens (including phenoxy) is 1. The van der Waals surface area contributed by atoms with Gasteiger partial charge in [-0.05, 0) is 55.5 Å². The average Bonchev–Trinajstić information content (AvgIpc) is 2.71. The quantitative estimate of drug-likeness (QED) is 0.538. The average molecular weight is 416 g/mol. The molecule has 0 unspecified atom stereocenters. The summed E-state index contributed by atoms with van der Waals surface area (Å²) in [6.07, 6.45) is 8.95. The molecule has 0 radical (unpaired) electrons. The number of piperidine rings is 1. The first-order valence-corrected chi connectivity index (χ1v) is 10.1. The molecule has 160 valence electrons. The number of carbonyl (C=O) groups is 1. The second kappa shape index (κ2) is 9.72. The summed E-state index contributed by atoms with van der Waals surface area (Å²) in [5.74, 6) is -0.00654. The number of hydrogen-bond donors (Lipinski definition) is 1. The molecule has 2 amide bonds. The number of benzene rings is 1. The van der Waals surface area contributed by atoms with Gasteiger partial charge < -0.3 is 10.1 Å². The molecule has 3 rings (SSSR count). The summed E-state index contributed by atoms with van der Waals surface area (Å²) in [7, 11) is 0. The van der Waals surface area contributed by atoms with Crippen LogP contribution in [0.4, 0.5) is 19.3 Å². The molecule has 1 fully saturated rings. The minimum atomic E-state index is -3.28. The first kappa shape index (κ1) is 21.8. The summed E-state index contributed by atoms with van der Waals surface area (Å²) in [6, 6.07) is 4.92. The number of halogens is 2. The zero-order valence-electron chi connectivity index (χ0n) is 17.0. The third kappa shape index (κ3) is 6.29. The molecule has 6 nitrogen and oxygen atoms in total. The van der Waals surface area contributed by atoms with Crippen LogP contribution in [0.5, 0.6) is 5.75 Å². The molecule has 1 N–H and O–H groups in total. The van der Waals surface area contributed by atoms with Gasteiger partial charge in [0, 0.05) is 32.2 Å². The fourth-order valence-corrected chi connectivity index (χ4v) is 3.67. The molecule has 0 saturated carbocycles. The van der Waals surface area contributed by atoms with Crippen molar-refractivity contribution in [2.45, 2.75) is 44.8 Å². The highest BCUT2D eigenvalue weighted by molar-refractivity contribution is 5.90. The maximum absolute atomic E-state index is 12.9. The van der Waals surface area contributed by atoms with Crippen LogP contribution in [0.3, 0.4) is 0 Å². The predicted molar refractivity (Wildman–Crippen MR) is 110 cm³/mol. The molecule has 8 heteroatoms. The Bertz CT molecular complexity index is 832. The highest BCUT2D eigenvalue weighted by Crippen LogP contribution is 2.24. The van der Waals surface area contributed by atoms with E-state index in [0.717, 1.165) is 45.3 Å². The highest BCUT2D eigenvalue weighted by Gasteiger charge is 2.28. The third-order valence-corrected chi connectivity index (χ3v) is 5.13. The monoisotopic (exact) mass is 416 g/mol. The number of rotatable bonds is 6. The van der Waals surface area contributed by atoms with Gasteiger partial charge >= 0.3 is 12.1 Å².